The maximum absolute atomic E-state index is 13.6. The average Bonchev–Trinajstić information content (AvgIpc) is 3.38. The summed E-state index contributed by atoms with van der Waals surface area (Å²) in [5, 5.41) is 15.8. The topological polar surface area (TPSA) is 114 Å². The summed E-state index contributed by atoms with van der Waals surface area (Å²) >= 11 is 0. The van der Waals surface area contributed by atoms with Crippen LogP contribution in [0.5, 0.6) is 5.75 Å². The fourth-order valence-electron chi connectivity index (χ4n) is 5.04. The summed E-state index contributed by atoms with van der Waals surface area (Å²) in [5.74, 6) is -3.86. The Morgan fingerprint density at radius 2 is 1.58 bits per heavy atom. The number of hydrogen-bond donors (Lipinski definition) is 2. The first-order valence-electron chi connectivity index (χ1n) is 11.2. The minimum atomic E-state index is -4.55. The van der Waals surface area contributed by atoms with Crippen LogP contribution in [0, 0.1) is 17.0 Å². The molecule has 3 aromatic rings. The molecule has 2 bridgehead atoms. The summed E-state index contributed by atoms with van der Waals surface area (Å²) in [6.45, 7) is 0.320. The van der Waals surface area contributed by atoms with E-state index in [0.29, 0.717) is 44.1 Å². The molecule has 0 aliphatic heterocycles. The molecule has 0 saturated heterocycles. The molecule has 0 unspecified atom stereocenters. The number of carbonyl (C=O) groups excluding carboxylic acids is 1. The van der Waals surface area contributed by atoms with Crippen LogP contribution >= 0.6 is 0 Å². The molecular weight excluding hydrogens is 489 g/mol. The molecular formula is C23H20F5N5O3. The first kappa shape index (κ1) is 24.1. The van der Waals surface area contributed by atoms with E-state index < -0.39 is 35.0 Å². The molecule has 1 amide bonds. The zero-order chi connectivity index (χ0) is 25.7. The van der Waals surface area contributed by atoms with Crippen molar-refractivity contribution in [3.05, 3.63) is 53.2 Å². The summed E-state index contributed by atoms with van der Waals surface area (Å²) in [5.41, 5.74) is -1.77. The number of carbonyl (C=O) groups is 1. The Hall–Kier alpha value is -3.64. The molecule has 190 valence electrons. The molecule has 0 radical (unpaired) electrons. The number of phenolic OH excluding ortho intramolecular Hbond substituents is 1. The van der Waals surface area contributed by atoms with Gasteiger partial charge in [0.15, 0.2) is 17.4 Å². The predicted octanol–water partition coefficient (Wildman–Crippen LogP) is 4.55. The van der Waals surface area contributed by atoms with Crippen molar-refractivity contribution >= 4 is 5.91 Å². The Labute approximate surface area is 201 Å². The maximum Gasteiger partial charge on any atom is 0.419 e. The van der Waals surface area contributed by atoms with Gasteiger partial charge in [0.05, 0.1) is 5.56 Å². The number of fused-ring (bicyclic) bond motifs is 3. The van der Waals surface area contributed by atoms with Crippen LogP contribution in [-0.2, 0) is 11.6 Å². The van der Waals surface area contributed by atoms with Crippen molar-refractivity contribution in [1.29, 1.82) is 0 Å². The van der Waals surface area contributed by atoms with Gasteiger partial charge in [-0.3, -0.25) is 4.79 Å². The lowest BCUT2D eigenvalue weighted by Crippen LogP contribution is -2.49. The monoisotopic (exact) mass is 509 g/mol. The molecule has 13 heteroatoms. The highest BCUT2D eigenvalue weighted by Gasteiger charge is 2.52. The summed E-state index contributed by atoms with van der Waals surface area (Å²) in [6, 6.07) is 1.57. The molecule has 8 nitrogen and oxygen atoms in total. The zero-order valence-corrected chi connectivity index (χ0v) is 18.7. The van der Waals surface area contributed by atoms with Crippen LogP contribution in [0.1, 0.15) is 60.3 Å². The Morgan fingerprint density at radius 3 is 2.14 bits per heavy atom. The van der Waals surface area contributed by atoms with E-state index in [1.807, 2.05) is 0 Å². The largest absolute Gasteiger partial charge is 0.503 e. The van der Waals surface area contributed by atoms with Crippen molar-refractivity contribution in [2.45, 2.75) is 50.1 Å². The number of nitrogens with one attached hydrogen (secondary N) is 1. The maximum atomic E-state index is 13.6. The molecule has 0 spiro atoms. The highest BCUT2D eigenvalue weighted by Crippen LogP contribution is 2.57. The quantitative estimate of drug-likeness (QED) is 0.485. The van der Waals surface area contributed by atoms with Gasteiger partial charge in [0, 0.05) is 29.9 Å². The summed E-state index contributed by atoms with van der Waals surface area (Å²) in [6.07, 6.45) is 1.08. The third-order valence-corrected chi connectivity index (χ3v) is 7.36. The van der Waals surface area contributed by atoms with Crippen molar-refractivity contribution in [1.82, 2.24) is 25.4 Å². The minimum absolute atomic E-state index is 0.0103. The molecule has 1 aromatic carbocycles. The second kappa shape index (κ2) is 8.49. The van der Waals surface area contributed by atoms with E-state index in [0.717, 1.165) is 31.4 Å². The second-order valence-electron chi connectivity index (χ2n) is 9.47. The van der Waals surface area contributed by atoms with Crippen LogP contribution in [0.2, 0.25) is 0 Å². The van der Waals surface area contributed by atoms with Gasteiger partial charge in [0.25, 0.3) is 5.91 Å². The highest BCUT2D eigenvalue weighted by atomic mass is 19.4. The van der Waals surface area contributed by atoms with Crippen LogP contribution in [0.25, 0.3) is 11.6 Å². The fraction of sp³-hybridized carbons (Fsp3) is 0.435. The van der Waals surface area contributed by atoms with E-state index in [1.54, 1.807) is 0 Å². The van der Waals surface area contributed by atoms with Gasteiger partial charge in [-0.15, -0.1) is 0 Å². The second-order valence-corrected chi connectivity index (χ2v) is 9.47. The van der Waals surface area contributed by atoms with E-state index in [4.69, 9.17) is 4.52 Å². The number of amides is 1. The normalized spacial score (nSPS) is 23.6. The Balaban J connectivity index is 1.23. The predicted molar refractivity (Wildman–Crippen MR) is 112 cm³/mol. The standard InChI is InChI=1S/C23H20F5N5O3/c24-14-7-12(8-15(25)16(14)34)19(35)31-11-21-1-4-22(5-2-21,6-3-21)20-32-18(33-36-20)17-29-9-13(10-30-17)23(26,27)28/h7-10,34H,1-6,11H2,(H,31,35)/t21-,22+. The molecule has 2 heterocycles. The number of alkyl halides is 3. The van der Waals surface area contributed by atoms with Crippen molar-refractivity contribution in [2.24, 2.45) is 5.41 Å². The van der Waals surface area contributed by atoms with Gasteiger partial charge < -0.3 is 14.9 Å². The van der Waals surface area contributed by atoms with E-state index in [-0.39, 0.29) is 28.0 Å². The first-order chi connectivity index (χ1) is 17.0. The van der Waals surface area contributed by atoms with Crippen LogP contribution < -0.4 is 5.32 Å². The lowest BCUT2D eigenvalue weighted by atomic mass is 9.53. The lowest BCUT2D eigenvalue weighted by Gasteiger charge is -2.51. The third kappa shape index (κ3) is 4.26. The van der Waals surface area contributed by atoms with Gasteiger partial charge in [-0.25, -0.2) is 18.7 Å². The van der Waals surface area contributed by atoms with Gasteiger partial charge in [-0.05, 0) is 56.1 Å². The summed E-state index contributed by atoms with van der Waals surface area (Å²) in [4.78, 5) is 24.2. The molecule has 0 atom stereocenters. The van der Waals surface area contributed by atoms with E-state index in [9.17, 15) is 31.9 Å². The van der Waals surface area contributed by atoms with E-state index >= 15 is 0 Å². The van der Waals surface area contributed by atoms with Crippen LogP contribution in [-0.4, -0.2) is 37.7 Å². The number of benzene rings is 1. The van der Waals surface area contributed by atoms with Crippen molar-refractivity contribution < 1.29 is 36.4 Å². The van der Waals surface area contributed by atoms with Gasteiger partial charge in [0.2, 0.25) is 17.5 Å². The van der Waals surface area contributed by atoms with Crippen molar-refractivity contribution in [3.8, 4) is 17.4 Å². The van der Waals surface area contributed by atoms with E-state index in [2.05, 4.69) is 25.4 Å². The Morgan fingerprint density at radius 1 is 1.00 bits per heavy atom. The number of nitrogens with zero attached hydrogens (tertiary/aromatic N) is 4. The van der Waals surface area contributed by atoms with Gasteiger partial charge in [-0.1, -0.05) is 5.16 Å². The smallest absolute Gasteiger partial charge is 0.419 e. The summed E-state index contributed by atoms with van der Waals surface area (Å²) < 4.78 is 70.9. The zero-order valence-electron chi connectivity index (χ0n) is 18.7. The molecule has 3 saturated carbocycles. The first-order valence-corrected chi connectivity index (χ1v) is 11.2. The SMILES string of the molecule is O=C(NC[C@]12CC[C@](c3nc(-c4ncc(C(F)(F)F)cn4)no3)(CC1)CC2)c1cc(F)c(O)c(F)c1. The van der Waals surface area contributed by atoms with Gasteiger partial charge in [0.1, 0.15) is 0 Å². The number of aromatic nitrogens is 4. The fourth-order valence-corrected chi connectivity index (χ4v) is 5.04. The van der Waals surface area contributed by atoms with Crippen molar-refractivity contribution in [2.75, 3.05) is 6.54 Å². The van der Waals surface area contributed by atoms with E-state index in [1.165, 1.54) is 0 Å². The number of rotatable bonds is 5. The molecule has 3 aliphatic rings. The number of phenols is 1. The minimum Gasteiger partial charge on any atom is -0.503 e. The molecule has 3 aliphatic carbocycles. The Bertz CT molecular complexity index is 1260. The van der Waals surface area contributed by atoms with Crippen LogP contribution in [0.4, 0.5) is 22.0 Å². The average molecular weight is 509 g/mol. The molecule has 6 rings (SSSR count). The molecule has 3 fully saturated rings. The molecule has 2 N–H and O–H groups in total. The van der Waals surface area contributed by atoms with Gasteiger partial charge in [-0.2, -0.15) is 18.2 Å². The van der Waals surface area contributed by atoms with Crippen LogP contribution in [0.15, 0.2) is 29.0 Å². The summed E-state index contributed by atoms with van der Waals surface area (Å²) in [7, 11) is 0. The number of aromatic hydroxyl groups is 1. The lowest BCUT2D eigenvalue weighted by molar-refractivity contribution is -0.138. The number of hydrogen-bond acceptors (Lipinski definition) is 7. The Kier molecular flexibility index (Phi) is 5.67. The van der Waals surface area contributed by atoms with Crippen molar-refractivity contribution in [3.63, 3.8) is 0 Å². The highest BCUT2D eigenvalue weighted by molar-refractivity contribution is 5.94. The molecule has 36 heavy (non-hydrogen) atoms. The number of halogens is 5. The van der Waals surface area contributed by atoms with Gasteiger partial charge >= 0.3 is 6.18 Å². The van der Waals surface area contributed by atoms with Crippen LogP contribution in [0.3, 0.4) is 0 Å². The third-order valence-electron chi connectivity index (χ3n) is 7.36. The molecule has 2 aromatic heterocycles.